The van der Waals surface area contributed by atoms with E-state index in [1.165, 1.54) is 24.3 Å². The molecule has 0 N–H and O–H groups in total. The number of nitro groups is 1. The number of hydrogen-bond acceptors (Lipinski definition) is 5. The van der Waals surface area contributed by atoms with Gasteiger partial charge in [0.25, 0.3) is 5.69 Å². The highest BCUT2D eigenvalue weighted by molar-refractivity contribution is 5.95. The van der Waals surface area contributed by atoms with Gasteiger partial charge in [0.15, 0.2) is 11.9 Å². The van der Waals surface area contributed by atoms with Crippen LogP contribution in [0.2, 0.25) is 0 Å². The molecule has 1 atom stereocenters. The molecule has 0 fully saturated rings. The number of furan rings is 1. The summed E-state index contributed by atoms with van der Waals surface area (Å²) in [6.07, 6.45) is 2.35. The number of carbonyl (C=O) groups excluding carboxylic acids is 1. The summed E-state index contributed by atoms with van der Waals surface area (Å²) in [6.45, 7) is 3.69. The Labute approximate surface area is 120 Å². The predicted molar refractivity (Wildman–Crippen MR) is 74.9 cm³/mol. The van der Waals surface area contributed by atoms with Crippen molar-refractivity contribution in [1.29, 1.82) is 0 Å². The number of ether oxygens (including phenoxy) is 1. The zero-order valence-corrected chi connectivity index (χ0v) is 11.5. The fraction of sp³-hybridized carbons (Fsp3) is 0.267. The van der Waals surface area contributed by atoms with Crippen molar-refractivity contribution in [2.75, 3.05) is 0 Å². The molecule has 6 nitrogen and oxygen atoms in total. The van der Waals surface area contributed by atoms with Crippen LogP contribution in [-0.2, 0) is 9.53 Å². The molecule has 0 saturated heterocycles. The number of rotatable bonds is 2. The number of fused-ring (bicyclic) bond motifs is 1. The van der Waals surface area contributed by atoms with Crippen LogP contribution in [0.3, 0.4) is 0 Å². The first kappa shape index (κ1) is 13.5. The van der Waals surface area contributed by atoms with E-state index in [2.05, 4.69) is 0 Å². The third-order valence-corrected chi connectivity index (χ3v) is 3.32. The average Bonchev–Trinajstić information content (AvgIpc) is 2.84. The summed E-state index contributed by atoms with van der Waals surface area (Å²) in [5.41, 5.74) is -0.103. The lowest BCUT2D eigenvalue weighted by Crippen LogP contribution is -2.31. The van der Waals surface area contributed by atoms with Gasteiger partial charge in [0.2, 0.25) is 0 Å². The molecule has 0 bridgehead atoms. The second kappa shape index (κ2) is 4.53. The van der Waals surface area contributed by atoms with Crippen molar-refractivity contribution in [2.45, 2.75) is 25.6 Å². The van der Waals surface area contributed by atoms with Gasteiger partial charge in [-0.15, -0.1) is 0 Å². The molecule has 1 aliphatic rings. The molecule has 3 rings (SSSR count). The molecule has 108 valence electrons. The van der Waals surface area contributed by atoms with Crippen molar-refractivity contribution in [1.82, 2.24) is 0 Å². The second-order valence-corrected chi connectivity index (χ2v) is 5.47. The lowest BCUT2D eigenvalue weighted by Gasteiger charge is -2.29. The van der Waals surface area contributed by atoms with E-state index < -0.39 is 16.6 Å². The summed E-state index contributed by atoms with van der Waals surface area (Å²) in [6, 6.07) is 5.91. The van der Waals surface area contributed by atoms with E-state index in [1.54, 1.807) is 12.1 Å². The molecular weight excluding hydrogens is 274 g/mol. The third kappa shape index (κ3) is 2.45. The highest BCUT2D eigenvalue weighted by atomic mass is 16.6. The fourth-order valence-corrected chi connectivity index (χ4v) is 2.26. The molecule has 1 unspecified atom stereocenters. The molecule has 21 heavy (non-hydrogen) atoms. The quantitative estimate of drug-likeness (QED) is 0.625. The molecule has 1 aromatic heterocycles. The number of nitro benzene ring substituents is 1. The van der Waals surface area contributed by atoms with Crippen molar-refractivity contribution in [2.24, 2.45) is 0 Å². The van der Waals surface area contributed by atoms with E-state index in [-0.39, 0.29) is 11.5 Å². The summed E-state index contributed by atoms with van der Waals surface area (Å²) in [5.74, 6) is 0.149. The van der Waals surface area contributed by atoms with Gasteiger partial charge in [-0.25, -0.2) is 0 Å². The van der Waals surface area contributed by atoms with E-state index in [9.17, 15) is 14.9 Å². The Kier molecular flexibility index (Phi) is 2.91. The SMILES string of the molecule is CC1(C)C=CC(=O)C(c2cc3cc([N+](=O)[O-])ccc3o2)O1. The zero-order valence-electron chi connectivity index (χ0n) is 11.5. The Morgan fingerprint density at radius 3 is 2.76 bits per heavy atom. The van der Waals surface area contributed by atoms with Gasteiger partial charge in [0, 0.05) is 17.5 Å². The molecule has 2 heterocycles. The summed E-state index contributed by atoms with van der Waals surface area (Å²) < 4.78 is 11.3. The fourth-order valence-electron chi connectivity index (χ4n) is 2.26. The van der Waals surface area contributed by atoms with Crippen LogP contribution in [-0.4, -0.2) is 16.3 Å². The molecule has 0 radical (unpaired) electrons. The minimum Gasteiger partial charge on any atom is -0.458 e. The molecule has 0 aliphatic carbocycles. The lowest BCUT2D eigenvalue weighted by molar-refractivity contribution is -0.384. The lowest BCUT2D eigenvalue weighted by atomic mass is 10.0. The first-order chi connectivity index (χ1) is 9.85. The second-order valence-electron chi connectivity index (χ2n) is 5.47. The number of non-ortho nitro benzene ring substituents is 1. The molecule has 0 spiro atoms. The predicted octanol–water partition coefficient (Wildman–Crippen LogP) is 3.32. The van der Waals surface area contributed by atoms with Gasteiger partial charge in [-0.2, -0.15) is 0 Å². The largest absolute Gasteiger partial charge is 0.458 e. The first-order valence-electron chi connectivity index (χ1n) is 6.44. The highest BCUT2D eigenvalue weighted by Gasteiger charge is 2.33. The Hall–Kier alpha value is -2.47. The maximum atomic E-state index is 12.0. The minimum absolute atomic E-state index is 0.0223. The Morgan fingerprint density at radius 1 is 1.29 bits per heavy atom. The Bertz CT molecular complexity index is 771. The van der Waals surface area contributed by atoms with E-state index in [4.69, 9.17) is 9.15 Å². The van der Waals surface area contributed by atoms with Crippen molar-refractivity contribution >= 4 is 22.4 Å². The summed E-state index contributed by atoms with van der Waals surface area (Å²) >= 11 is 0. The van der Waals surface area contributed by atoms with Crippen LogP contribution < -0.4 is 0 Å². The van der Waals surface area contributed by atoms with Crippen LogP contribution in [0.4, 0.5) is 5.69 Å². The molecule has 1 aromatic carbocycles. The monoisotopic (exact) mass is 287 g/mol. The van der Waals surface area contributed by atoms with Crippen molar-refractivity contribution in [3.05, 3.63) is 52.3 Å². The third-order valence-electron chi connectivity index (χ3n) is 3.32. The van der Waals surface area contributed by atoms with Gasteiger partial charge in [-0.3, -0.25) is 14.9 Å². The van der Waals surface area contributed by atoms with E-state index in [0.717, 1.165) is 0 Å². The topological polar surface area (TPSA) is 82.6 Å². The van der Waals surface area contributed by atoms with Gasteiger partial charge >= 0.3 is 0 Å². The summed E-state index contributed by atoms with van der Waals surface area (Å²) in [7, 11) is 0. The van der Waals surface area contributed by atoms with Crippen LogP contribution in [0.15, 0.2) is 40.8 Å². The van der Waals surface area contributed by atoms with Crippen molar-refractivity contribution in [3.63, 3.8) is 0 Å². The molecular formula is C15H13NO5. The van der Waals surface area contributed by atoms with E-state index >= 15 is 0 Å². The normalized spacial score (nSPS) is 20.9. The molecule has 0 amide bonds. The van der Waals surface area contributed by atoms with Crippen LogP contribution >= 0.6 is 0 Å². The number of nitrogens with zero attached hydrogens (tertiary/aromatic N) is 1. The smallest absolute Gasteiger partial charge is 0.270 e. The van der Waals surface area contributed by atoms with E-state index in [0.29, 0.717) is 16.7 Å². The van der Waals surface area contributed by atoms with Crippen molar-refractivity contribution < 1.29 is 18.9 Å². The number of hydrogen-bond donors (Lipinski definition) is 0. The van der Waals surface area contributed by atoms with E-state index in [1.807, 2.05) is 13.8 Å². The molecule has 6 heteroatoms. The number of ketones is 1. The van der Waals surface area contributed by atoms with Crippen LogP contribution in [0.5, 0.6) is 0 Å². The summed E-state index contributed by atoms with van der Waals surface area (Å²) in [5, 5.41) is 11.3. The standard InChI is InChI=1S/C15H13NO5/c1-15(2)6-5-11(17)14(21-15)13-8-9-7-10(16(18)19)3-4-12(9)20-13/h3-8,14H,1-2H3. The van der Waals surface area contributed by atoms with Gasteiger partial charge in [0.1, 0.15) is 11.3 Å². The number of carbonyl (C=O) groups is 1. The Morgan fingerprint density at radius 2 is 2.05 bits per heavy atom. The Balaban J connectivity index is 2.03. The van der Waals surface area contributed by atoms with Crippen LogP contribution in [0.1, 0.15) is 25.7 Å². The number of benzene rings is 1. The van der Waals surface area contributed by atoms with Gasteiger partial charge in [-0.1, -0.05) is 0 Å². The maximum absolute atomic E-state index is 12.0. The van der Waals surface area contributed by atoms with Crippen molar-refractivity contribution in [3.8, 4) is 0 Å². The summed E-state index contributed by atoms with van der Waals surface area (Å²) in [4.78, 5) is 22.3. The van der Waals surface area contributed by atoms with Crippen LogP contribution in [0.25, 0.3) is 11.0 Å². The first-order valence-corrected chi connectivity index (χ1v) is 6.44. The molecule has 1 aliphatic heterocycles. The highest BCUT2D eigenvalue weighted by Crippen LogP contribution is 2.34. The maximum Gasteiger partial charge on any atom is 0.270 e. The zero-order chi connectivity index (χ0) is 15.2. The molecule has 2 aromatic rings. The van der Waals surface area contributed by atoms with Crippen LogP contribution in [0, 0.1) is 10.1 Å². The van der Waals surface area contributed by atoms with Gasteiger partial charge < -0.3 is 9.15 Å². The average molecular weight is 287 g/mol. The van der Waals surface area contributed by atoms with Gasteiger partial charge in [-0.05, 0) is 38.1 Å². The van der Waals surface area contributed by atoms with Gasteiger partial charge in [0.05, 0.1) is 10.5 Å². The minimum atomic E-state index is -0.823. The molecule has 0 saturated carbocycles.